The number of nitrogens with zero attached hydrogens (tertiary/aromatic N) is 2. The minimum absolute atomic E-state index is 0.164. The predicted octanol–water partition coefficient (Wildman–Crippen LogP) is 3.06. The first-order chi connectivity index (χ1) is 14.0. The van der Waals surface area contributed by atoms with E-state index in [2.05, 4.69) is 0 Å². The number of morpholine rings is 1. The van der Waals surface area contributed by atoms with Gasteiger partial charge in [-0.1, -0.05) is 53.5 Å². The van der Waals surface area contributed by atoms with Crippen LogP contribution in [0, 0.1) is 0 Å². The molecule has 2 aliphatic rings. The van der Waals surface area contributed by atoms with Gasteiger partial charge in [0.1, 0.15) is 6.04 Å². The van der Waals surface area contributed by atoms with Crippen LogP contribution in [-0.2, 0) is 16.0 Å². The lowest BCUT2D eigenvalue weighted by molar-refractivity contribution is -0.139. The first kappa shape index (κ1) is 19.9. The highest BCUT2D eigenvalue weighted by Crippen LogP contribution is 2.33. The van der Waals surface area contributed by atoms with Gasteiger partial charge in [-0.15, -0.1) is 0 Å². The van der Waals surface area contributed by atoms with Crippen LogP contribution in [-0.4, -0.2) is 59.9 Å². The Labute approximate surface area is 177 Å². The van der Waals surface area contributed by atoms with Crippen LogP contribution >= 0.6 is 23.2 Å². The second-order valence-electron chi connectivity index (χ2n) is 6.94. The van der Waals surface area contributed by atoms with Crippen LogP contribution in [0.25, 0.3) is 0 Å². The zero-order valence-corrected chi connectivity index (χ0v) is 16.9. The first-order valence-corrected chi connectivity index (χ1v) is 10.0. The highest BCUT2D eigenvalue weighted by atomic mass is 35.5. The topological polar surface area (TPSA) is 66.9 Å². The van der Waals surface area contributed by atoms with E-state index < -0.39 is 17.9 Å². The third-order valence-electron chi connectivity index (χ3n) is 5.15. The van der Waals surface area contributed by atoms with Gasteiger partial charge < -0.3 is 9.64 Å². The third-order valence-corrected chi connectivity index (χ3v) is 5.87. The average Bonchev–Trinajstić information content (AvgIpc) is 2.97. The third kappa shape index (κ3) is 3.75. The van der Waals surface area contributed by atoms with Crippen molar-refractivity contribution in [1.82, 2.24) is 9.80 Å². The Morgan fingerprint density at radius 3 is 2.07 bits per heavy atom. The fourth-order valence-electron chi connectivity index (χ4n) is 3.66. The standard InChI is InChI=1S/C21H18Cl2N2O4/c22-16-11-14-15(12-17(16)23)20(27)25(19(14)26)18(10-13-4-2-1-3-5-13)21(28)24-6-8-29-9-7-24/h1-5,11-12,18H,6-10H2/t18-/m1/s1. The molecule has 1 saturated heterocycles. The molecule has 0 bridgehead atoms. The van der Waals surface area contributed by atoms with E-state index in [1.165, 1.54) is 12.1 Å². The molecule has 0 N–H and O–H groups in total. The molecule has 6 nitrogen and oxygen atoms in total. The molecular formula is C21H18Cl2N2O4. The molecule has 2 aromatic rings. The Kier molecular flexibility index (Phi) is 5.58. The van der Waals surface area contributed by atoms with Crippen molar-refractivity contribution >= 4 is 40.9 Å². The number of imide groups is 1. The number of rotatable bonds is 4. The molecule has 2 aromatic carbocycles. The van der Waals surface area contributed by atoms with Gasteiger partial charge in [-0.2, -0.15) is 0 Å². The molecule has 8 heteroatoms. The van der Waals surface area contributed by atoms with E-state index in [0.29, 0.717) is 26.3 Å². The average molecular weight is 433 g/mol. The van der Waals surface area contributed by atoms with E-state index >= 15 is 0 Å². The second-order valence-corrected chi connectivity index (χ2v) is 7.75. The van der Waals surface area contributed by atoms with Gasteiger partial charge in [-0.05, 0) is 17.7 Å². The molecule has 0 spiro atoms. The number of carbonyl (C=O) groups is 3. The number of ether oxygens (including phenoxy) is 1. The number of hydrogen-bond donors (Lipinski definition) is 0. The number of halogens is 2. The molecule has 3 amide bonds. The van der Waals surface area contributed by atoms with Gasteiger partial charge in [-0.3, -0.25) is 19.3 Å². The van der Waals surface area contributed by atoms with Crippen molar-refractivity contribution in [3.05, 3.63) is 69.2 Å². The first-order valence-electron chi connectivity index (χ1n) is 9.25. The van der Waals surface area contributed by atoms with Crippen molar-refractivity contribution in [2.75, 3.05) is 26.3 Å². The molecule has 2 heterocycles. The Hall–Kier alpha value is -2.41. The minimum Gasteiger partial charge on any atom is -0.378 e. The Morgan fingerprint density at radius 2 is 1.52 bits per heavy atom. The quantitative estimate of drug-likeness (QED) is 0.696. The molecule has 2 aliphatic heterocycles. The van der Waals surface area contributed by atoms with Crippen molar-refractivity contribution in [2.24, 2.45) is 0 Å². The number of hydrogen-bond acceptors (Lipinski definition) is 4. The van der Waals surface area contributed by atoms with Crippen molar-refractivity contribution in [3.63, 3.8) is 0 Å². The minimum atomic E-state index is -0.958. The van der Waals surface area contributed by atoms with E-state index in [0.717, 1.165) is 10.5 Å². The largest absolute Gasteiger partial charge is 0.378 e. The molecule has 0 radical (unpaired) electrons. The summed E-state index contributed by atoms with van der Waals surface area (Å²) in [6, 6.07) is 11.1. The molecule has 1 atom stereocenters. The summed E-state index contributed by atoms with van der Waals surface area (Å²) in [4.78, 5) is 42.2. The SMILES string of the molecule is O=C([C@@H](Cc1ccccc1)N1C(=O)c2cc(Cl)c(Cl)cc2C1=O)N1CCOCC1. The van der Waals surface area contributed by atoms with Crippen LogP contribution in [0.4, 0.5) is 0 Å². The molecule has 0 aliphatic carbocycles. The maximum Gasteiger partial charge on any atom is 0.262 e. The maximum absolute atomic E-state index is 13.3. The Bertz CT molecular complexity index is 933. The van der Waals surface area contributed by atoms with Gasteiger partial charge >= 0.3 is 0 Å². The summed E-state index contributed by atoms with van der Waals surface area (Å²) in [5, 5.41) is 0.375. The highest BCUT2D eigenvalue weighted by Gasteiger charge is 2.44. The number of carbonyl (C=O) groups excluding carboxylic acids is 3. The summed E-state index contributed by atoms with van der Waals surface area (Å²) in [6.45, 7) is 1.70. The zero-order valence-electron chi connectivity index (χ0n) is 15.4. The molecule has 1 fully saturated rings. The van der Waals surface area contributed by atoms with E-state index in [4.69, 9.17) is 27.9 Å². The molecule has 0 saturated carbocycles. The summed E-state index contributed by atoms with van der Waals surface area (Å²) in [6.07, 6.45) is 0.226. The smallest absolute Gasteiger partial charge is 0.262 e. The lowest BCUT2D eigenvalue weighted by atomic mass is 10.0. The monoisotopic (exact) mass is 432 g/mol. The van der Waals surface area contributed by atoms with E-state index in [-0.39, 0.29) is 33.5 Å². The number of benzene rings is 2. The van der Waals surface area contributed by atoms with Gasteiger partial charge in [0.05, 0.1) is 34.4 Å². The van der Waals surface area contributed by atoms with Gasteiger partial charge in [-0.25, -0.2) is 0 Å². The van der Waals surface area contributed by atoms with Crippen molar-refractivity contribution in [3.8, 4) is 0 Å². The van der Waals surface area contributed by atoms with Crippen molar-refractivity contribution in [2.45, 2.75) is 12.5 Å². The zero-order chi connectivity index (χ0) is 20.5. The summed E-state index contributed by atoms with van der Waals surface area (Å²) in [5.74, 6) is -1.35. The lowest BCUT2D eigenvalue weighted by Crippen LogP contribution is -2.54. The van der Waals surface area contributed by atoms with Crippen LogP contribution in [0.5, 0.6) is 0 Å². The van der Waals surface area contributed by atoms with Gasteiger partial charge in [0, 0.05) is 19.5 Å². The van der Waals surface area contributed by atoms with Gasteiger partial charge in [0.15, 0.2) is 0 Å². The summed E-state index contributed by atoms with van der Waals surface area (Å²) >= 11 is 12.1. The summed E-state index contributed by atoms with van der Waals surface area (Å²) in [7, 11) is 0. The summed E-state index contributed by atoms with van der Waals surface area (Å²) < 4.78 is 5.32. The molecule has 150 valence electrons. The Morgan fingerprint density at radius 1 is 0.966 bits per heavy atom. The van der Waals surface area contributed by atoms with Crippen LogP contribution in [0.3, 0.4) is 0 Å². The number of amides is 3. The van der Waals surface area contributed by atoms with E-state index in [1.807, 2.05) is 30.3 Å². The van der Waals surface area contributed by atoms with E-state index in [1.54, 1.807) is 4.90 Å². The van der Waals surface area contributed by atoms with Crippen molar-refractivity contribution < 1.29 is 19.1 Å². The lowest BCUT2D eigenvalue weighted by Gasteiger charge is -2.33. The summed E-state index contributed by atoms with van der Waals surface area (Å²) in [5.41, 5.74) is 1.18. The molecule has 29 heavy (non-hydrogen) atoms. The van der Waals surface area contributed by atoms with Crippen molar-refractivity contribution in [1.29, 1.82) is 0 Å². The molecule has 0 unspecified atom stereocenters. The fourth-order valence-corrected chi connectivity index (χ4v) is 3.98. The van der Waals surface area contributed by atoms with Gasteiger partial charge in [0.25, 0.3) is 11.8 Å². The normalized spacial score (nSPS) is 17.4. The maximum atomic E-state index is 13.3. The molecule has 0 aromatic heterocycles. The van der Waals surface area contributed by atoms with E-state index in [9.17, 15) is 14.4 Å². The van der Waals surface area contributed by atoms with Gasteiger partial charge in [0.2, 0.25) is 5.91 Å². The van der Waals surface area contributed by atoms with Crippen LogP contribution in [0.1, 0.15) is 26.3 Å². The molecular weight excluding hydrogens is 415 g/mol. The number of fused-ring (bicyclic) bond motifs is 1. The van der Waals surface area contributed by atoms with Crippen LogP contribution in [0.15, 0.2) is 42.5 Å². The highest BCUT2D eigenvalue weighted by molar-refractivity contribution is 6.43. The predicted molar refractivity (Wildman–Crippen MR) is 108 cm³/mol. The fraction of sp³-hybridized carbons (Fsp3) is 0.286. The molecule has 4 rings (SSSR count). The second kappa shape index (κ2) is 8.14. The Balaban J connectivity index is 1.71. The van der Waals surface area contributed by atoms with Crippen LogP contribution < -0.4 is 0 Å². The van der Waals surface area contributed by atoms with Crippen LogP contribution in [0.2, 0.25) is 10.0 Å².